The van der Waals surface area contributed by atoms with Gasteiger partial charge in [0.05, 0.1) is 25.2 Å². The van der Waals surface area contributed by atoms with Gasteiger partial charge >= 0.3 is 0 Å². The number of ether oxygens (including phenoxy) is 1. The molecule has 0 spiro atoms. The average Bonchev–Trinajstić information content (AvgIpc) is 3.47. The number of nitrogens with one attached hydrogen (secondary N) is 2. The quantitative estimate of drug-likeness (QED) is 0.628. The Hall–Kier alpha value is -1.89. The first-order valence-electron chi connectivity index (χ1n) is 8.82. The second-order valence-electron chi connectivity index (χ2n) is 6.66. The third-order valence-corrected chi connectivity index (χ3v) is 4.91. The van der Waals surface area contributed by atoms with Gasteiger partial charge in [0.1, 0.15) is 6.10 Å². The highest BCUT2D eigenvalue weighted by Gasteiger charge is 2.34. The minimum absolute atomic E-state index is 0.00219. The number of aliphatic hydroxyl groups is 1. The van der Waals surface area contributed by atoms with Crippen molar-refractivity contribution in [1.82, 2.24) is 10.6 Å². The van der Waals surface area contributed by atoms with Gasteiger partial charge in [-0.1, -0.05) is 42.0 Å². The van der Waals surface area contributed by atoms with Gasteiger partial charge in [0.15, 0.2) is 0 Å². The zero-order chi connectivity index (χ0) is 18.5. The Morgan fingerprint density at radius 2 is 2.00 bits per heavy atom. The normalized spacial score (nSPS) is 24.9. The largest absolute Gasteiger partial charge is 0.394 e. The molecule has 3 atom stereocenters. The van der Waals surface area contributed by atoms with Crippen LogP contribution in [0.4, 0.5) is 0 Å². The van der Waals surface area contributed by atoms with E-state index in [-0.39, 0.29) is 36.8 Å². The number of benzene rings is 1. The Balaban J connectivity index is 1.49. The van der Waals surface area contributed by atoms with Crippen LogP contribution in [0.1, 0.15) is 24.8 Å². The van der Waals surface area contributed by atoms with Crippen molar-refractivity contribution in [2.75, 3.05) is 6.61 Å². The topological polar surface area (TPSA) is 87.7 Å². The van der Waals surface area contributed by atoms with E-state index in [2.05, 4.69) is 10.6 Å². The van der Waals surface area contributed by atoms with E-state index in [1.807, 2.05) is 18.2 Å². The van der Waals surface area contributed by atoms with Crippen molar-refractivity contribution in [2.24, 2.45) is 5.92 Å². The van der Waals surface area contributed by atoms with Gasteiger partial charge < -0.3 is 20.5 Å². The van der Waals surface area contributed by atoms with E-state index in [1.54, 1.807) is 18.2 Å². The Kier molecular flexibility index (Phi) is 6.29. The minimum Gasteiger partial charge on any atom is -0.394 e. The van der Waals surface area contributed by atoms with Crippen LogP contribution >= 0.6 is 11.6 Å². The highest BCUT2D eigenvalue weighted by molar-refractivity contribution is 6.31. The summed E-state index contributed by atoms with van der Waals surface area (Å²) in [7, 11) is 0. The lowest BCUT2D eigenvalue weighted by molar-refractivity contribution is -0.128. The summed E-state index contributed by atoms with van der Waals surface area (Å²) in [5.74, 6) is -0.0783. The molecule has 6 nitrogen and oxygen atoms in total. The van der Waals surface area contributed by atoms with Gasteiger partial charge in [-0.15, -0.1) is 0 Å². The minimum atomic E-state index is -0.552. The van der Waals surface area contributed by atoms with Crippen molar-refractivity contribution in [2.45, 2.75) is 44.1 Å². The highest BCUT2D eigenvalue weighted by Crippen LogP contribution is 2.29. The lowest BCUT2D eigenvalue weighted by Crippen LogP contribution is -2.49. The molecule has 0 radical (unpaired) electrons. The molecule has 1 aromatic carbocycles. The number of hydrogen-bond donors (Lipinski definition) is 3. The molecular weight excluding hydrogens is 356 g/mol. The summed E-state index contributed by atoms with van der Waals surface area (Å²) >= 11 is 6.07. The van der Waals surface area contributed by atoms with E-state index in [9.17, 15) is 14.7 Å². The first kappa shape index (κ1) is 18.9. The zero-order valence-corrected chi connectivity index (χ0v) is 15.1. The lowest BCUT2D eigenvalue weighted by Gasteiger charge is -2.31. The maximum Gasteiger partial charge on any atom is 0.223 e. The first-order chi connectivity index (χ1) is 12.6. The van der Waals surface area contributed by atoms with Crippen LogP contribution in [0.25, 0.3) is 0 Å². The molecule has 0 bridgehead atoms. The van der Waals surface area contributed by atoms with Crippen molar-refractivity contribution in [3.8, 4) is 0 Å². The second kappa shape index (κ2) is 8.66. The molecule has 1 aromatic rings. The Bertz CT molecular complexity index is 690. The fourth-order valence-electron chi connectivity index (χ4n) is 2.85. The average molecular weight is 379 g/mol. The van der Waals surface area contributed by atoms with Gasteiger partial charge in [0.2, 0.25) is 11.8 Å². The van der Waals surface area contributed by atoms with Crippen molar-refractivity contribution in [1.29, 1.82) is 0 Å². The third kappa shape index (κ3) is 5.06. The molecule has 1 aliphatic heterocycles. The van der Waals surface area contributed by atoms with E-state index in [0.717, 1.165) is 18.4 Å². The van der Waals surface area contributed by atoms with Crippen LogP contribution in [-0.4, -0.2) is 41.8 Å². The predicted molar refractivity (Wildman–Crippen MR) is 97.5 cm³/mol. The SMILES string of the molecule is O=C(C[C@H]1C=C[C@H](NC(=O)C2CC2)[C@H](CO)O1)NCc1ccccc1Cl. The summed E-state index contributed by atoms with van der Waals surface area (Å²) in [4.78, 5) is 24.0. The molecule has 1 aliphatic carbocycles. The zero-order valence-electron chi connectivity index (χ0n) is 14.4. The summed E-state index contributed by atoms with van der Waals surface area (Å²) in [5, 5.41) is 15.8. The number of rotatable bonds is 7. The molecule has 26 heavy (non-hydrogen) atoms. The lowest BCUT2D eigenvalue weighted by atomic mass is 10.0. The maximum atomic E-state index is 12.1. The number of carbonyl (C=O) groups excluding carboxylic acids is 2. The van der Waals surface area contributed by atoms with E-state index in [1.165, 1.54) is 0 Å². The fourth-order valence-corrected chi connectivity index (χ4v) is 3.06. The van der Waals surface area contributed by atoms with Gasteiger partial charge in [-0.3, -0.25) is 9.59 Å². The molecule has 0 unspecified atom stereocenters. The van der Waals surface area contributed by atoms with E-state index >= 15 is 0 Å². The van der Waals surface area contributed by atoms with Crippen LogP contribution in [0.15, 0.2) is 36.4 Å². The maximum absolute atomic E-state index is 12.1. The molecule has 3 N–H and O–H groups in total. The van der Waals surface area contributed by atoms with Gasteiger partial charge in [0.25, 0.3) is 0 Å². The molecule has 2 amide bonds. The molecule has 3 rings (SSSR count). The molecule has 140 valence electrons. The Morgan fingerprint density at radius 3 is 2.69 bits per heavy atom. The number of aliphatic hydroxyl groups excluding tert-OH is 1. The summed E-state index contributed by atoms with van der Waals surface area (Å²) in [6.07, 6.45) is 4.55. The Labute approximate surface area is 157 Å². The van der Waals surface area contributed by atoms with Crippen LogP contribution < -0.4 is 10.6 Å². The predicted octanol–water partition coefficient (Wildman–Crippen LogP) is 1.56. The number of hydrogen-bond acceptors (Lipinski definition) is 4. The van der Waals surface area contributed by atoms with Crippen molar-refractivity contribution in [3.05, 3.63) is 47.0 Å². The van der Waals surface area contributed by atoms with Crippen LogP contribution in [0.5, 0.6) is 0 Å². The monoisotopic (exact) mass is 378 g/mol. The summed E-state index contributed by atoms with van der Waals surface area (Å²) in [6, 6.07) is 6.96. The van der Waals surface area contributed by atoms with Gasteiger partial charge in [-0.25, -0.2) is 0 Å². The van der Waals surface area contributed by atoms with Crippen LogP contribution in [0.3, 0.4) is 0 Å². The molecule has 0 saturated heterocycles. The standard InChI is InChI=1S/C19H23ClN2O4/c20-15-4-2-1-3-13(15)10-21-18(24)9-14-7-8-16(17(11-23)26-14)22-19(25)12-5-6-12/h1-4,7-8,12,14,16-17,23H,5-6,9-11H2,(H,21,24)(H,22,25)/t14-,16+,17+/m1/s1. The summed E-state index contributed by atoms with van der Waals surface area (Å²) in [6.45, 7) is 0.121. The molecule has 0 aromatic heterocycles. The van der Waals surface area contributed by atoms with E-state index < -0.39 is 12.2 Å². The van der Waals surface area contributed by atoms with Crippen molar-refractivity contribution >= 4 is 23.4 Å². The first-order valence-corrected chi connectivity index (χ1v) is 9.19. The highest BCUT2D eigenvalue weighted by atomic mass is 35.5. The van der Waals surface area contributed by atoms with Crippen LogP contribution in [-0.2, 0) is 20.9 Å². The molecule has 7 heteroatoms. The summed E-state index contributed by atoms with van der Waals surface area (Å²) < 4.78 is 5.76. The van der Waals surface area contributed by atoms with E-state index in [0.29, 0.717) is 11.6 Å². The smallest absolute Gasteiger partial charge is 0.223 e. The number of halogens is 1. The molecule has 1 fully saturated rings. The Morgan fingerprint density at radius 1 is 1.23 bits per heavy atom. The van der Waals surface area contributed by atoms with Crippen molar-refractivity contribution < 1.29 is 19.4 Å². The van der Waals surface area contributed by atoms with Crippen molar-refractivity contribution in [3.63, 3.8) is 0 Å². The third-order valence-electron chi connectivity index (χ3n) is 4.54. The second-order valence-corrected chi connectivity index (χ2v) is 7.07. The number of carbonyl (C=O) groups is 2. The van der Waals surface area contributed by atoms with Gasteiger partial charge in [0, 0.05) is 17.5 Å². The molecular formula is C19H23ClN2O4. The molecule has 1 saturated carbocycles. The fraction of sp³-hybridized carbons (Fsp3) is 0.474. The molecule has 2 aliphatic rings. The van der Waals surface area contributed by atoms with E-state index in [4.69, 9.17) is 16.3 Å². The van der Waals surface area contributed by atoms with Crippen LogP contribution in [0, 0.1) is 5.92 Å². The number of amides is 2. The molecule has 1 heterocycles. The van der Waals surface area contributed by atoms with Gasteiger partial charge in [-0.05, 0) is 24.5 Å². The van der Waals surface area contributed by atoms with Crippen LogP contribution in [0.2, 0.25) is 5.02 Å². The van der Waals surface area contributed by atoms with Gasteiger partial charge in [-0.2, -0.15) is 0 Å². The summed E-state index contributed by atoms with van der Waals surface area (Å²) in [5.41, 5.74) is 0.846.